The van der Waals surface area contributed by atoms with Gasteiger partial charge in [0, 0.05) is 19.6 Å². The molecular weight excluding hydrogens is 252 g/mol. The van der Waals surface area contributed by atoms with Gasteiger partial charge in [0.25, 0.3) is 0 Å². The Hall–Kier alpha value is -1.11. The Morgan fingerprint density at radius 1 is 1.39 bits per heavy atom. The van der Waals surface area contributed by atoms with Crippen molar-refractivity contribution in [3.8, 4) is 5.75 Å². The van der Waals surface area contributed by atoms with E-state index < -0.39 is 10.0 Å². The predicted octanol–water partition coefficient (Wildman–Crippen LogP) is 0.973. The van der Waals surface area contributed by atoms with Gasteiger partial charge >= 0.3 is 0 Å². The highest BCUT2D eigenvalue weighted by molar-refractivity contribution is 7.89. The second kappa shape index (κ2) is 6.17. The minimum absolute atomic E-state index is 0.195. The van der Waals surface area contributed by atoms with E-state index in [1.165, 1.54) is 11.4 Å². The summed E-state index contributed by atoms with van der Waals surface area (Å²) < 4.78 is 31.4. The number of nitrogens with zero attached hydrogens (tertiary/aromatic N) is 1. The van der Waals surface area contributed by atoms with Crippen LogP contribution in [0.5, 0.6) is 5.75 Å². The number of hydrogen-bond donors (Lipinski definition) is 1. The topological polar surface area (TPSA) is 72.6 Å². The summed E-state index contributed by atoms with van der Waals surface area (Å²) in [5, 5.41) is 0. The SMILES string of the molecule is CCN(CCN)S(=O)(=O)c1cc(C)ccc1OC. The molecule has 0 amide bonds. The number of methoxy groups -OCH3 is 1. The summed E-state index contributed by atoms with van der Waals surface area (Å²) in [7, 11) is -2.09. The number of rotatable bonds is 6. The molecule has 102 valence electrons. The Kier molecular flexibility index (Phi) is 5.13. The van der Waals surface area contributed by atoms with E-state index in [4.69, 9.17) is 10.5 Å². The highest BCUT2D eigenvalue weighted by atomic mass is 32.2. The quantitative estimate of drug-likeness (QED) is 0.837. The van der Waals surface area contributed by atoms with Crippen molar-refractivity contribution in [1.29, 1.82) is 0 Å². The zero-order valence-corrected chi connectivity index (χ0v) is 11.8. The van der Waals surface area contributed by atoms with Crippen molar-refractivity contribution in [2.24, 2.45) is 5.73 Å². The Labute approximate surface area is 109 Å². The second-order valence-electron chi connectivity index (χ2n) is 3.94. The summed E-state index contributed by atoms with van der Waals surface area (Å²) in [5.74, 6) is 0.357. The number of benzene rings is 1. The minimum Gasteiger partial charge on any atom is -0.495 e. The molecule has 0 heterocycles. The van der Waals surface area contributed by atoms with Crippen molar-refractivity contribution < 1.29 is 13.2 Å². The molecule has 18 heavy (non-hydrogen) atoms. The normalized spacial score (nSPS) is 11.8. The van der Waals surface area contributed by atoms with Crippen LogP contribution >= 0.6 is 0 Å². The van der Waals surface area contributed by atoms with E-state index in [1.54, 1.807) is 19.1 Å². The van der Waals surface area contributed by atoms with Gasteiger partial charge in [-0.1, -0.05) is 13.0 Å². The third kappa shape index (κ3) is 3.01. The summed E-state index contributed by atoms with van der Waals surface area (Å²) in [6, 6.07) is 5.10. The Morgan fingerprint density at radius 2 is 2.06 bits per heavy atom. The average molecular weight is 272 g/mol. The first kappa shape index (κ1) is 14.9. The summed E-state index contributed by atoms with van der Waals surface area (Å²) >= 11 is 0. The molecule has 5 nitrogen and oxygen atoms in total. The van der Waals surface area contributed by atoms with E-state index in [2.05, 4.69) is 0 Å². The molecule has 0 aromatic heterocycles. The number of nitrogens with two attached hydrogens (primary N) is 1. The van der Waals surface area contributed by atoms with Crippen molar-refractivity contribution in [2.75, 3.05) is 26.7 Å². The fraction of sp³-hybridized carbons (Fsp3) is 0.500. The number of hydrogen-bond acceptors (Lipinski definition) is 4. The minimum atomic E-state index is -3.55. The number of likely N-dealkylation sites (N-methyl/N-ethyl adjacent to an activating group) is 1. The van der Waals surface area contributed by atoms with E-state index in [1.807, 2.05) is 13.0 Å². The van der Waals surface area contributed by atoms with E-state index in [0.29, 0.717) is 25.4 Å². The van der Waals surface area contributed by atoms with E-state index in [-0.39, 0.29) is 4.90 Å². The number of sulfonamides is 1. The highest BCUT2D eigenvalue weighted by Crippen LogP contribution is 2.27. The summed E-state index contributed by atoms with van der Waals surface area (Å²) in [6.07, 6.45) is 0. The molecule has 0 saturated heterocycles. The molecule has 1 aromatic carbocycles. The van der Waals surface area contributed by atoms with Gasteiger partial charge in [0.1, 0.15) is 10.6 Å². The van der Waals surface area contributed by atoms with Crippen LogP contribution in [0, 0.1) is 6.92 Å². The Bertz CT molecular complexity index is 500. The molecule has 1 rings (SSSR count). The maximum Gasteiger partial charge on any atom is 0.246 e. The van der Waals surface area contributed by atoms with Crippen LogP contribution in [0.3, 0.4) is 0 Å². The van der Waals surface area contributed by atoms with Gasteiger partial charge in [-0.3, -0.25) is 0 Å². The van der Waals surface area contributed by atoms with Crippen molar-refractivity contribution in [3.63, 3.8) is 0 Å². The second-order valence-corrected chi connectivity index (χ2v) is 5.85. The van der Waals surface area contributed by atoms with Crippen LogP contribution in [0.15, 0.2) is 23.1 Å². The zero-order chi connectivity index (χ0) is 13.8. The number of aryl methyl sites for hydroxylation is 1. The molecule has 1 aromatic rings. The highest BCUT2D eigenvalue weighted by Gasteiger charge is 2.26. The fourth-order valence-corrected chi connectivity index (χ4v) is 3.42. The summed E-state index contributed by atoms with van der Waals surface area (Å²) in [4.78, 5) is 0.195. The van der Waals surface area contributed by atoms with E-state index in [0.717, 1.165) is 5.56 Å². The van der Waals surface area contributed by atoms with Crippen LogP contribution in [0.2, 0.25) is 0 Å². The third-order valence-corrected chi connectivity index (χ3v) is 4.66. The standard InChI is InChI=1S/C12H20N2O3S/c1-4-14(8-7-13)18(15,16)12-9-10(2)5-6-11(12)17-3/h5-6,9H,4,7-8,13H2,1-3H3. The van der Waals surface area contributed by atoms with Crippen molar-refractivity contribution in [2.45, 2.75) is 18.7 Å². The Morgan fingerprint density at radius 3 is 2.56 bits per heavy atom. The molecule has 6 heteroatoms. The van der Waals surface area contributed by atoms with Crippen LogP contribution in [-0.2, 0) is 10.0 Å². The molecule has 2 N–H and O–H groups in total. The molecule has 0 aliphatic heterocycles. The van der Waals surface area contributed by atoms with Crippen molar-refractivity contribution in [1.82, 2.24) is 4.31 Å². The first-order valence-corrected chi connectivity index (χ1v) is 7.26. The van der Waals surface area contributed by atoms with Crippen molar-refractivity contribution >= 4 is 10.0 Å². The Balaban J connectivity index is 3.30. The molecule has 0 bridgehead atoms. The van der Waals surface area contributed by atoms with Gasteiger partial charge in [0.05, 0.1) is 7.11 Å². The fourth-order valence-electron chi connectivity index (χ4n) is 1.72. The molecule has 0 aliphatic rings. The van der Waals surface area contributed by atoms with Crippen LogP contribution < -0.4 is 10.5 Å². The maximum absolute atomic E-state index is 12.5. The van der Waals surface area contributed by atoms with Crippen LogP contribution in [0.25, 0.3) is 0 Å². The van der Waals surface area contributed by atoms with Gasteiger partial charge in [0.2, 0.25) is 10.0 Å². The molecule has 0 atom stereocenters. The smallest absolute Gasteiger partial charge is 0.246 e. The van der Waals surface area contributed by atoms with Gasteiger partial charge in [-0.15, -0.1) is 0 Å². The monoisotopic (exact) mass is 272 g/mol. The van der Waals surface area contributed by atoms with Gasteiger partial charge in [-0.25, -0.2) is 8.42 Å². The average Bonchev–Trinajstić information content (AvgIpc) is 2.35. The lowest BCUT2D eigenvalue weighted by atomic mass is 10.2. The van der Waals surface area contributed by atoms with Gasteiger partial charge in [-0.2, -0.15) is 4.31 Å². The first-order chi connectivity index (χ1) is 8.47. The molecule has 0 radical (unpaired) electrons. The lowest BCUT2D eigenvalue weighted by Gasteiger charge is -2.21. The van der Waals surface area contributed by atoms with E-state index >= 15 is 0 Å². The summed E-state index contributed by atoms with van der Waals surface area (Å²) in [6.45, 7) is 4.61. The first-order valence-electron chi connectivity index (χ1n) is 5.82. The lowest BCUT2D eigenvalue weighted by Crippen LogP contribution is -2.35. The molecule has 0 aliphatic carbocycles. The zero-order valence-electron chi connectivity index (χ0n) is 11.0. The van der Waals surface area contributed by atoms with Crippen molar-refractivity contribution in [3.05, 3.63) is 23.8 Å². The predicted molar refractivity (Wildman–Crippen MR) is 71.2 cm³/mol. The molecule has 0 spiro atoms. The van der Waals surface area contributed by atoms with E-state index in [9.17, 15) is 8.42 Å². The van der Waals surface area contributed by atoms with Gasteiger partial charge in [0.15, 0.2) is 0 Å². The molecular formula is C12H20N2O3S. The lowest BCUT2D eigenvalue weighted by molar-refractivity contribution is 0.394. The maximum atomic E-state index is 12.5. The van der Waals surface area contributed by atoms with Gasteiger partial charge in [-0.05, 0) is 24.6 Å². The van der Waals surface area contributed by atoms with Crippen LogP contribution in [0.1, 0.15) is 12.5 Å². The largest absolute Gasteiger partial charge is 0.495 e. The molecule has 0 fully saturated rings. The van der Waals surface area contributed by atoms with Gasteiger partial charge < -0.3 is 10.5 Å². The summed E-state index contributed by atoms with van der Waals surface area (Å²) in [5.41, 5.74) is 6.32. The van der Waals surface area contributed by atoms with Crippen LogP contribution in [0.4, 0.5) is 0 Å². The third-order valence-electron chi connectivity index (χ3n) is 2.67. The molecule has 0 saturated carbocycles. The molecule has 0 unspecified atom stereocenters. The van der Waals surface area contributed by atoms with Crippen LogP contribution in [-0.4, -0.2) is 39.5 Å². The number of ether oxygens (including phenoxy) is 1.